The van der Waals surface area contributed by atoms with Crippen molar-refractivity contribution in [2.24, 2.45) is 0 Å². The Bertz CT molecular complexity index is 654. The van der Waals surface area contributed by atoms with Gasteiger partial charge in [-0.3, -0.25) is 14.9 Å². The summed E-state index contributed by atoms with van der Waals surface area (Å²) in [5, 5.41) is 10.8. The van der Waals surface area contributed by atoms with Gasteiger partial charge in [0.05, 0.1) is 15.5 Å². The molecule has 1 aliphatic heterocycles. The topological polar surface area (TPSA) is 89.8 Å². The molecule has 1 fully saturated rings. The van der Waals surface area contributed by atoms with Crippen LogP contribution in [0.15, 0.2) is 18.2 Å². The predicted molar refractivity (Wildman–Crippen MR) is 88.0 cm³/mol. The maximum atomic E-state index is 12.3. The number of benzene rings is 1. The molecule has 0 aliphatic carbocycles. The number of piperidine rings is 1. The van der Waals surface area contributed by atoms with Crippen molar-refractivity contribution in [3.63, 3.8) is 0 Å². The monoisotopic (exact) mass is 354 g/mol. The largest absolute Gasteiger partial charge is 0.452 e. The highest BCUT2D eigenvalue weighted by atomic mass is 35.5. The van der Waals surface area contributed by atoms with Gasteiger partial charge >= 0.3 is 5.97 Å². The lowest BCUT2D eigenvalue weighted by molar-refractivity contribution is -0.384. The number of nitrogens with zero attached hydrogens (tertiary/aromatic N) is 2. The van der Waals surface area contributed by atoms with Gasteiger partial charge in [0.15, 0.2) is 6.61 Å². The van der Waals surface area contributed by atoms with Crippen molar-refractivity contribution < 1.29 is 19.2 Å². The molecule has 130 valence electrons. The average molecular weight is 355 g/mol. The number of nitro groups is 1. The van der Waals surface area contributed by atoms with Crippen molar-refractivity contribution in [2.45, 2.75) is 45.2 Å². The van der Waals surface area contributed by atoms with Crippen LogP contribution < -0.4 is 0 Å². The number of rotatable bonds is 4. The molecule has 1 aliphatic rings. The van der Waals surface area contributed by atoms with Crippen molar-refractivity contribution in [3.05, 3.63) is 38.9 Å². The van der Waals surface area contributed by atoms with Crippen LogP contribution in [-0.2, 0) is 9.53 Å². The zero-order valence-corrected chi connectivity index (χ0v) is 14.3. The predicted octanol–water partition coefficient (Wildman–Crippen LogP) is 3.19. The molecule has 1 saturated heterocycles. The number of carbonyl (C=O) groups is 2. The first-order valence-corrected chi connectivity index (χ1v) is 8.11. The van der Waals surface area contributed by atoms with Crippen molar-refractivity contribution in [1.82, 2.24) is 4.90 Å². The third-order valence-electron chi connectivity index (χ3n) is 4.19. The second kappa shape index (κ2) is 7.61. The Morgan fingerprint density at radius 1 is 1.33 bits per heavy atom. The summed E-state index contributed by atoms with van der Waals surface area (Å²) in [4.78, 5) is 36.3. The number of ether oxygens (including phenoxy) is 1. The van der Waals surface area contributed by atoms with Gasteiger partial charge in [-0.05, 0) is 39.2 Å². The van der Waals surface area contributed by atoms with Gasteiger partial charge in [-0.2, -0.15) is 0 Å². The molecule has 0 bridgehead atoms. The molecule has 1 heterocycles. The van der Waals surface area contributed by atoms with Crippen LogP contribution in [0.5, 0.6) is 0 Å². The van der Waals surface area contributed by atoms with Crippen LogP contribution in [0.1, 0.15) is 43.5 Å². The highest BCUT2D eigenvalue weighted by Gasteiger charge is 2.29. The molecule has 7 nitrogen and oxygen atoms in total. The number of likely N-dealkylation sites (tertiary alicyclic amines) is 1. The third-order valence-corrected chi connectivity index (χ3v) is 4.52. The van der Waals surface area contributed by atoms with Gasteiger partial charge in [-0.25, -0.2) is 4.79 Å². The van der Waals surface area contributed by atoms with E-state index in [-0.39, 0.29) is 34.3 Å². The fraction of sp³-hybridized carbons (Fsp3) is 0.500. The molecule has 0 aromatic heterocycles. The van der Waals surface area contributed by atoms with Crippen molar-refractivity contribution in [1.29, 1.82) is 0 Å². The molecule has 2 rings (SSSR count). The summed E-state index contributed by atoms with van der Waals surface area (Å²) in [6, 6.07) is 3.69. The number of esters is 1. The minimum absolute atomic E-state index is 0.0396. The fourth-order valence-electron chi connectivity index (χ4n) is 2.98. The number of amides is 1. The average Bonchev–Trinajstić information content (AvgIpc) is 2.52. The van der Waals surface area contributed by atoms with E-state index in [1.54, 1.807) is 4.90 Å². The van der Waals surface area contributed by atoms with E-state index in [9.17, 15) is 19.7 Å². The zero-order valence-electron chi connectivity index (χ0n) is 13.5. The molecule has 0 saturated carbocycles. The first-order chi connectivity index (χ1) is 11.3. The molecule has 2 unspecified atom stereocenters. The molecule has 1 aromatic carbocycles. The van der Waals surface area contributed by atoms with E-state index >= 15 is 0 Å². The van der Waals surface area contributed by atoms with Crippen LogP contribution in [0.4, 0.5) is 5.69 Å². The summed E-state index contributed by atoms with van der Waals surface area (Å²) >= 11 is 5.89. The van der Waals surface area contributed by atoms with E-state index < -0.39 is 17.5 Å². The minimum Gasteiger partial charge on any atom is -0.452 e. The van der Waals surface area contributed by atoms with Crippen molar-refractivity contribution in [3.8, 4) is 0 Å². The van der Waals surface area contributed by atoms with E-state index in [0.29, 0.717) is 0 Å². The Kier molecular flexibility index (Phi) is 5.77. The molecule has 24 heavy (non-hydrogen) atoms. The lowest BCUT2D eigenvalue weighted by Crippen LogP contribution is -2.49. The maximum absolute atomic E-state index is 12.3. The van der Waals surface area contributed by atoms with E-state index in [1.165, 1.54) is 12.1 Å². The first-order valence-electron chi connectivity index (χ1n) is 7.73. The second-order valence-electron chi connectivity index (χ2n) is 5.93. The number of carbonyl (C=O) groups excluding carboxylic acids is 2. The summed E-state index contributed by atoms with van der Waals surface area (Å²) in [5.74, 6) is -1.13. The van der Waals surface area contributed by atoms with E-state index in [4.69, 9.17) is 16.3 Å². The fourth-order valence-corrected chi connectivity index (χ4v) is 3.17. The molecular formula is C16H19ClN2O5. The molecule has 0 spiro atoms. The van der Waals surface area contributed by atoms with Gasteiger partial charge in [-0.1, -0.05) is 11.6 Å². The van der Waals surface area contributed by atoms with Gasteiger partial charge in [0.25, 0.3) is 11.6 Å². The van der Waals surface area contributed by atoms with Crippen molar-refractivity contribution in [2.75, 3.05) is 6.61 Å². The van der Waals surface area contributed by atoms with Gasteiger partial charge in [0.2, 0.25) is 0 Å². The van der Waals surface area contributed by atoms with E-state index in [2.05, 4.69) is 0 Å². The Morgan fingerprint density at radius 3 is 2.54 bits per heavy atom. The maximum Gasteiger partial charge on any atom is 0.340 e. The number of hydrogen-bond acceptors (Lipinski definition) is 5. The summed E-state index contributed by atoms with van der Waals surface area (Å²) in [6.07, 6.45) is 2.90. The number of hydrogen-bond donors (Lipinski definition) is 0. The SMILES string of the molecule is CC1CCCC(C)N1C(=O)COC(=O)c1cc([N+](=O)[O-])ccc1Cl. The standard InChI is InChI=1S/C16H19ClN2O5/c1-10-4-3-5-11(2)18(10)15(20)9-24-16(21)13-8-12(19(22)23)6-7-14(13)17/h6-8,10-11H,3-5,9H2,1-2H3. The van der Waals surface area contributed by atoms with Crippen LogP contribution in [0.3, 0.4) is 0 Å². The summed E-state index contributed by atoms with van der Waals surface area (Å²) in [7, 11) is 0. The molecule has 0 radical (unpaired) electrons. The van der Waals surface area contributed by atoms with Crippen LogP contribution in [0.2, 0.25) is 5.02 Å². The number of nitro benzene ring substituents is 1. The molecule has 8 heteroatoms. The van der Waals surface area contributed by atoms with Gasteiger partial charge < -0.3 is 9.64 Å². The van der Waals surface area contributed by atoms with Gasteiger partial charge in [-0.15, -0.1) is 0 Å². The highest BCUT2D eigenvalue weighted by molar-refractivity contribution is 6.33. The van der Waals surface area contributed by atoms with Crippen LogP contribution in [0.25, 0.3) is 0 Å². The Morgan fingerprint density at radius 2 is 1.96 bits per heavy atom. The van der Waals surface area contributed by atoms with Crippen LogP contribution >= 0.6 is 11.6 Å². The Balaban J connectivity index is 2.04. The third kappa shape index (κ3) is 4.03. The summed E-state index contributed by atoms with van der Waals surface area (Å²) < 4.78 is 5.02. The Labute approximate surface area is 144 Å². The molecular weight excluding hydrogens is 336 g/mol. The lowest BCUT2D eigenvalue weighted by atomic mass is 9.97. The normalized spacial score (nSPS) is 20.5. The van der Waals surface area contributed by atoms with E-state index in [0.717, 1.165) is 25.3 Å². The minimum atomic E-state index is -0.852. The van der Waals surface area contributed by atoms with Gasteiger partial charge in [0.1, 0.15) is 0 Å². The van der Waals surface area contributed by atoms with Crippen LogP contribution in [-0.4, -0.2) is 40.4 Å². The van der Waals surface area contributed by atoms with Crippen molar-refractivity contribution >= 4 is 29.2 Å². The first kappa shape index (κ1) is 18.2. The Hall–Kier alpha value is -2.15. The summed E-state index contributed by atoms with van der Waals surface area (Å²) in [5.41, 5.74) is -0.394. The second-order valence-corrected chi connectivity index (χ2v) is 6.33. The van der Waals surface area contributed by atoms with Crippen LogP contribution in [0, 0.1) is 10.1 Å². The molecule has 2 atom stereocenters. The number of halogens is 1. The summed E-state index contributed by atoms with van der Waals surface area (Å²) in [6.45, 7) is 3.52. The highest BCUT2D eigenvalue weighted by Crippen LogP contribution is 2.24. The number of non-ortho nitro benzene ring substituents is 1. The van der Waals surface area contributed by atoms with E-state index in [1.807, 2.05) is 13.8 Å². The van der Waals surface area contributed by atoms with Gasteiger partial charge in [0, 0.05) is 24.2 Å². The zero-order chi connectivity index (χ0) is 17.9. The molecule has 1 amide bonds. The molecule has 0 N–H and O–H groups in total. The molecule has 1 aromatic rings. The smallest absolute Gasteiger partial charge is 0.340 e. The lowest BCUT2D eigenvalue weighted by Gasteiger charge is -2.38. The quantitative estimate of drug-likeness (QED) is 0.470.